The number of allylic oxidation sites excluding steroid dienone is 1. The first kappa shape index (κ1) is 14.7. The molecule has 0 aliphatic carbocycles. The standard InChI is InChI=1S/C12H22N2O2/c1-5-6-9(8-12(2,3)4)7-10(15)14-11(13)16/h5,9H,1,6-8H2,2-4H3,(H3,13,14,15,16). The van der Waals surface area contributed by atoms with Crippen LogP contribution in [-0.4, -0.2) is 11.9 Å². The van der Waals surface area contributed by atoms with E-state index in [1.54, 1.807) is 6.08 Å². The van der Waals surface area contributed by atoms with Gasteiger partial charge >= 0.3 is 6.03 Å². The van der Waals surface area contributed by atoms with Crippen molar-refractivity contribution < 1.29 is 9.59 Å². The second kappa shape index (κ2) is 6.30. The first-order chi connectivity index (χ1) is 7.24. The van der Waals surface area contributed by atoms with Crippen LogP contribution in [0.2, 0.25) is 0 Å². The van der Waals surface area contributed by atoms with E-state index in [0.29, 0.717) is 6.42 Å². The van der Waals surface area contributed by atoms with Gasteiger partial charge in [0.2, 0.25) is 5.91 Å². The fourth-order valence-electron chi connectivity index (χ4n) is 1.79. The highest BCUT2D eigenvalue weighted by molar-refractivity contribution is 5.93. The number of imide groups is 1. The van der Waals surface area contributed by atoms with Gasteiger partial charge in [0.15, 0.2) is 0 Å². The topological polar surface area (TPSA) is 72.2 Å². The van der Waals surface area contributed by atoms with Crippen molar-refractivity contribution in [2.45, 2.75) is 40.0 Å². The summed E-state index contributed by atoms with van der Waals surface area (Å²) in [6.07, 6.45) is 3.79. The maximum atomic E-state index is 11.4. The molecule has 0 rings (SSSR count). The highest BCUT2D eigenvalue weighted by Gasteiger charge is 2.20. The van der Waals surface area contributed by atoms with Crippen LogP contribution in [0.4, 0.5) is 4.79 Å². The first-order valence-electron chi connectivity index (χ1n) is 5.45. The highest BCUT2D eigenvalue weighted by Crippen LogP contribution is 2.28. The van der Waals surface area contributed by atoms with E-state index in [1.807, 2.05) is 0 Å². The molecule has 0 radical (unpaired) electrons. The molecular weight excluding hydrogens is 204 g/mol. The second-order valence-electron chi connectivity index (χ2n) is 5.27. The molecule has 92 valence electrons. The SMILES string of the molecule is C=CCC(CC(=O)NC(N)=O)CC(C)(C)C. The largest absolute Gasteiger partial charge is 0.351 e. The maximum absolute atomic E-state index is 11.4. The summed E-state index contributed by atoms with van der Waals surface area (Å²) in [6.45, 7) is 10.0. The zero-order valence-electron chi connectivity index (χ0n) is 10.4. The molecule has 0 aromatic rings. The predicted molar refractivity (Wildman–Crippen MR) is 64.7 cm³/mol. The highest BCUT2D eigenvalue weighted by atomic mass is 16.2. The van der Waals surface area contributed by atoms with Crippen LogP contribution >= 0.6 is 0 Å². The normalized spacial score (nSPS) is 12.9. The van der Waals surface area contributed by atoms with Crippen molar-refractivity contribution >= 4 is 11.9 Å². The number of amides is 3. The Labute approximate surface area is 97.3 Å². The van der Waals surface area contributed by atoms with Crippen molar-refractivity contribution in [2.75, 3.05) is 0 Å². The van der Waals surface area contributed by atoms with Crippen molar-refractivity contribution in [3.63, 3.8) is 0 Å². The van der Waals surface area contributed by atoms with Crippen LogP contribution in [0.3, 0.4) is 0 Å². The molecule has 4 nitrogen and oxygen atoms in total. The van der Waals surface area contributed by atoms with Crippen LogP contribution in [0, 0.1) is 11.3 Å². The quantitative estimate of drug-likeness (QED) is 0.705. The Morgan fingerprint density at radius 3 is 2.38 bits per heavy atom. The van der Waals surface area contributed by atoms with Gasteiger partial charge in [-0.1, -0.05) is 26.8 Å². The zero-order valence-corrected chi connectivity index (χ0v) is 10.4. The van der Waals surface area contributed by atoms with Crippen LogP contribution in [0.5, 0.6) is 0 Å². The Morgan fingerprint density at radius 2 is 2.00 bits per heavy atom. The number of hydrogen-bond acceptors (Lipinski definition) is 2. The number of carbonyl (C=O) groups excluding carboxylic acids is 2. The average Bonchev–Trinajstić information content (AvgIpc) is 1.98. The summed E-state index contributed by atoms with van der Waals surface area (Å²) >= 11 is 0. The molecule has 0 aliphatic heterocycles. The number of rotatable bonds is 5. The molecule has 0 heterocycles. The summed E-state index contributed by atoms with van der Waals surface area (Å²) in [5, 5.41) is 2.08. The molecule has 1 unspecified atom stereocenters. The lowest BCUT2D eigenvalue weighted by Gasteiger charge is -2.24. The molecule has 4 heteroatoms. The average molecular weight is 226 g/mol. The summed E-state index contributed by atoms with van der Waals surface area (Å²) in [6, 6.07) is -0.793. The number of hydrogen-bond donors (Lipinski definition) is 2. The Bertz CT molecular complexity index is 267. The summed E-state index contributed by atoms with van der Waals surface area (Å²) < 4.78 is 0. The van der Waals surface area contributed by atoms with Crippen molar-refractivity contribution in [1.29, 1.82) is 0 Å². The fraction of sp³-hybridized carbons (Fsp3) is 0.667. The lowest BCUT2D eigenvalue weighted by atomic mass is 9.81. The van der Waals surface area contributed by atoms with Gasteiger partial charge in [0.1, 0.15) is 0 Å². The fourth-order valence-corrected chi connectivity index (χ4v) is 1.79. The van der Waals surface area contributed by atoms with Crippen LogP contribution in [-0.2, 0) is 4.79 Å². The molecule has 0 spiro atoms. The van der Waals surface area contributed by atoms with E-state index in [4.69, 9.17) is 5.73 Å². The van der Waals surface area contributed by atoms with E-state index in [2.05, 4.69) is 32.7 Å². The third kappa shape index (κ3) is 8.03. The molecule has 0 fully saturated rings. The van der Waals surface area contributed by atoms with Gasteiger partial charge < -0.3 is 5.73 Å². The molecule has 0 aromatic heterocycles. The Hall–Kier alpha value is -1.32. The third-order valence-corrected chi connectivity index (χ3v) is 2.14. The third-order valence-electron chi connectivity index (χ3n) is 2.14. The zero-order chi connectivity index (χ0) is 12.8. The molecule has 3 N–H and O–H groups in total. The van der Waals surface area contributed by atoms with Crippen molar-refractivity contribution in [3.8, 4) is 0 Å². The van der Waals surface area contributed by atoms with Crippen LogP contribution in [0.1, 0.15) is 40.0 Å². The van der Waals surface area contributed by atoms with Crippen molar-refractivity contribution in [3.05, 3.63) is 12.7 Å². The minimum atomic E-state index is -0.793. The van der Waals surface area contributed by atoms with Gasteiger partial charge in [-0.25, -0.2) is 4.79 Å². The molecule has 16 heavy (non-hydrogen) atoms. The lowest BCUT2D eigenvalue weighted by Crippen LogP contribution is -2.36. The Morgan fingerprint density at radius 1 is 1.44 bits per heavy atom. The summed E-state index contributed by atoms with van der Waals surface area (Å²) in [7, 11) is 0. The van der Waals surface area contributed by atoms with Gasteiger partial charge in [0.25, 0.3) is 0 Å². The van der Waals surface area contributed by atoms with Crippen LogP contribution in [0.25, 0.3) is 0 Å². The first-order valence-corrected chi connectivity index (χ1v) is 5.45. The van der Waals surface area contributed by atoms with Crippen LogP contribution < -0.4 is 11.1 Å². The van der Waals surface area contributed by atoms with E-state index >= 15 is 0 Å². The number of urea groups is 1. The Kier molecular flexibility index (Phi) is 5.78. The summed E-state index contributed by atoms with van der Waals surface area (Å²) in [4.78, 5) is 21.9. The number of carbonyl (C=O) groups is 2. The minimum absolute atomic E-state index is 0.153. The molecule has 3 amide bonds. The molecule has 0 aliphatic rings. The van der Waals surface area contributed by atoms with Crippen molar-refractivity contribution in [1.82, 2.24) is 5.32 Å². The van der Waals surface area contributed by atoms with Crippen molar-refractivity contribution in [2.24, 2.45) is 17.1 Å². The van der Waals surface area contributed by atoms with Gasteiger partial charge in [0.05, 0.1) is 0 Å². The van der Waals surface area contributed by atoms with Gasteiger partial charge in [-0.15, -0.1) is 6.58 Å². The van der Waals surface area contributed by atoms with Gasteiger partial charge in [-0.3, -0.25) is 10.1 Å². The number of primary amides is 1. The van der Waals surface area contributed by atoms with E-state index in [1.165, 1.54) is 0 Å². The minimum Gasteiger partial charge on any atom is -0.351 e. The molecule has 0 saturated carbocycles. The Balaban J connectivity index is 4.27. The second-order valence-corrected chi connectivity index (χ2v) is 5.27. The molecular formula is C12H22N2O2. The molecule has 0 bridgehead atoms. The maximum Gasteiger partial charge on any atom is 0.318 e. The molecule has 1 atom stereocenters. The van der Waals surface area contributed by atoms with Gasteiger partial charge in [-0.05, 0) is 24.2 Å². The predicted octanol–water partition coefficient (Wildman–Crippen LogP) is 2.20. The molecule has 0 aromatic carbocycles. The van der Waals surface area contributed by atoms with E-state index < -0.39 is 6.03 Å². The van der Waals surface area contributed by atoms with E-state index in [-0.39, 0.29) is 17.2 Å². The van der Waals surface area contributed by atoms with Gasteiger partial charge in [-0.2, -0.15) is 0 Å². The number of nitrogens with one attached hydrogen (secondary N) is 1. The van der Waals surface area contributed by atoms with E-state index in [0.717, 1.165) is 12.8 Å². The monoisotopic (exact) mass is 226 g/mol. The van der Waals surface area contributed by atoms with Gasteiger partial charge in [0, 0.05) is 6.42 Å². The summed E-state index contributed by atoms with van der Waals surface area (Å²) in [5.74, 6) is -0.111. The number of nitrogens with two attached hydrogens (primary N) is 1. The lowest BCUT2D eigenvalue weighted by molar-refractivity contribution is -0.121. The van der Waals surface area contributed by atoms with Crippen LogP contribution in [0.15, 0.2) is 12.7 Å². The summed E-state index contributed by atoms with van der Waals surface area (Å²) in [5.41, 5.74) is 5.03. The van der Waals surface area contributed by atoms with E-state index in [9.17, 15) is 9.59 Å². The molecule has 0 saturated heterocycles. The smallest absolute Gasteiger partial charge is 0.318 e.